The molecule has 3 rings (SSSR count). The molecule has 1 saturated heterocycles. The Hall–Kier alpha value is -0.640. The molecule has 3 nitrogen and oxygen atoms in total. The molecule has 0 radical (unpaired) electrons. The van der Waals surface area contributed by atoms with E-state index in [0.717, 1.165) is 12.5 Å². The molecule has 1 aliphatic heterocycles. The number of nitrogens with zero attached hydrogens (tertiary/aromatic N) is 2. The van der Waals surface area contributed by atoms with Gasteiger partial charge in [-0.3, -0.25) is 0 Å². The number of anilines is 1. The molecule has 1 aliphatic carbocycles. The lowest BCUT2D eigenvalue weighted by Crippen LogP contribution is -2.26. The number of imidazole rings is 1. The van der Waals surface area contributed by atoms with Gasteiger partial charge < -0.3 is 9.88 Å². The lowest BCUT2D eigenvalue weighted by Gasteiger charge is -2.25. The van der Waals surface area contributed by atoms with Crippen LogP contribution in [0.5, 0.6) is 0 Å². The van der Waals surface area contributed by atoms with Crippen molar-refractivity contribution in [3.63, 3.8) is 0 Å². The molecule has 1 unspecified atom stereocenters. The number of nitrogens with one attached hydrogen (secondary N) is 1. The number of thioether (sulfide) groups is 1. The highest BCUT2D eigenvalue weighted by Gasteiger charge is 2.30. The van der Waals surface area contributed by atoms with Crippen LogP contribution in [-0.4, -0.2) is 26.1 Å². The second kappa shape index (κ2) is 5.16. The maximum absolute atomic E-state index is 4.50. The van der Waals surface area contributed by atoms with Crippen molar-refractivity contribution in [2.45, 2.75) is 62.8 Å². The van der Waals surface area contributed by atoms with Crippen molar-refractivity contribution in [2.75, 3.05) is 11.1 Å². The van der Waals surface area contributed by atoms with Gasteiger partial charge in [0.1, 0.15) is 0 Å². The van der Waals surface area contributed by atoms with E-state index < -0.39 is 0 Å². The largest absolute Gasteiger partial charge is 0.353 e. The molecule has 0 bridgehead atoms. The molecule has 2 aliphatic rings. The summed E-state index contributed by atoms with van der Waals surface area (Å²) in [4.78, 5) is 4.50. The molecule has 18 heavy (non-hydrogen) atoms. The minimum atomic E-state index is 0.410. The van der Waals surface area contributed by atoms with E-state index in [2.05, 4.69) is 39.8 Å². The number of aromatic nitrogens is 2. The molecular formula is C14H23N3S. The zero-order chi connectivity index (χ0) is 12.4. The zero-order valence-electron chi connectivity index (χ0n) is 11.2. The Kier molecular flexibility index (Phi) is 3.55. The lowest BCUT2D eigenvalue weighted by molar-refractivity contribution is 0.511. The summed E-state index contributed by atoms with van der Waals surface area (Å²) in [7, 11) is 0. The summed E-state index contributed by atoms with van der Waals surface area (Å²) in [5.41, 5.74) is 0. The first-order chi connectivity index (χ1) is 8.75. The Labute approximate surface area is 114 Å². The van der Waals surface area contributed by atoms with Crippen LogP contribution in [-0.2, 0) is 6.54 Å². The van der Waals surface area contributed by atoms with E-state index in [9.17, 15) is 0 Å². The fraction of sp³-hybridized carbons (Fsp3) is 0.786. The highest BCUT2D eigenvalue weighted by molar-refractivity contribution is 8.00. The third kappa shape index (κ3) is 2.68. The number of rotatable bonds is 4. The maximum atomic E-state index is 4.50. The fourth-order valence-electron chi connectivity index (χ4n) is 3.15. The molecule has 2 heterocycles. The monoisotopic (exact) mass is 265 g/mol. The fourth-order valence-corrected chi connectivity index (χ4v) is 4.45. The van der Waals surface area contributed by atoms with Gasteiger partial charge in [-0.05, 0) is 38.4 Å². The minimum Gasteiger partial charge on any atom is -0.353 e. The van der Waals surface area contributed by atoms with Crippen molar-refractivity contribution in [3.8, 4) is 0 Å². The third-order valence-corrected chi connectivity index (χ3v) is 5.73. The van der Waals surface area contributed by atoms with Gasteiger partial charge in [-0.25, -0.2) is 4.98 Å². The molecule has 1 aromatic rings. The van der Waals surface area contributed by atoms with Crippen LogP contribution in [0.1, 0.15) is 45.4 Å². The number of hydrogen-bond donors (Lipinski definition) is 1. The molecule has 1 N–H and O–H groups in total. The summed E-state index contributed by atoms with van der Waals surface area (Å²) in [6, 6.07) is 0.648. The van der Waals surface area contributed by atoms with Crippen LogP contribution < -0.4 is 5.32 Å². The topological polar surface area (TPSA) is 29.9 Å². The predicted molar refractivity (Wildman–Crippen MR) is 78.2 cm³/mol. The molecule has 0 aromatic carbocycles. The van der Waals surface area contributed by atoms with Crippen LogP contribution in [0, 0.1) is 0 Å². The van der Waals surface area contributed by atoms with Crippen LogP contribution >= 0.6 is 11.8 Å². The van der Waals surface area contributed by atoms with Gasteiger partial charge in [0, 0.05) is 29.7 Å². The second-order valence-corrected chi connectivity index (χ2v) is 7.59. The smallest absolute Gasteiger partial charge is 0.203 e. The Morgan fingerprint density at radius 3 is 3.00 bits per heavy atom. The average molecular weight is 265 g/mol. The first-order valence-corrected chi connectivity index (χ1v) is 8.15. The normalized spacial score (nSPS) is 28.9. The molecule has 1 aromatic heterocycles. The Bertz CT molecular complexity index is 389. The SMILES string of the molecule is CC1(Cn2ccnc2NC2CCCC2)CCCS1. The van der Waals surface area contributed by atoms with Gasteiger partial charge in [0.15, 0.2) is 0 Å². The van der Waals surface area contributed by atoms with Crippen molar-refractivity contribution in [3.05, 3.63) is 12.4 Å². The van der Waals surface area contributed by atoms with Crippen LogP contribution in [0.25, 0.3) is 0 Å². The van der Waals surface area contributed by atoms with E-state index in [1.54, 1.807) is 0 Å². The van der Waals surface area contributed by atoms with Crippen LogP contribution in [0.2, 0.25) is 0 Å². The summed E-state index contributed by atoms with van der Waals surface area (Å²) in [6.45, 7) is 3.48. The van der Waals surface area contributed by atoms with Gasteiger partial charge in [0.2, 0.25) is 5.95 Å². The highest BCUT2D eigenvalue weighted by atomic mass is 32.2. The average Bonchev–Trinajstić information content (AvgIpc) is 3.04. The summed E-state index contributed by atoms with van der Waals surface area (Å²) in [5.74, 6) is 2.40. The summed E-state index contributed by atoms with van der Waals surface area (Å²) < 4.78 is 2.73. The number of hydrogen-bond acceptors (Lipinski definition) is 3. The van der Waals surface area contributed by atoms with Crippen LogP contribution in [0.15, 0.2) is 12.4 Å². The van der Waals surface area contributed by atoms with Crippen molar-refractivity contribution >= 4 is 17.7 Å². The summed E-state index contributed by atoms with van der Waals surface area (Å²) in [6.07, 6.45) is 12.1. The van der Waals surface area contributed by atoms with Crippen molar-refractivity contribution in [1.82, 2.24) is 9.55 Å². The Balaban J connectivity index is 1.66. The quantitative estimate of drug-likeness (QED) is 0.903. The van der Waals surface area contributed by atoms with Crippen LogP contribution in [0.4, 0.5) is 5.95 Å². The van der Waals surface area contributed by atoms with E-state index in [1.807, 2.05) is 6.20 Å². The zero-order valence-corrected chi connectivity index (χ0v) is 12.0. The van der Waals surface area contributed by atoms with E-state index >= 15 is 0 Å². The van der Waals surface area contributed by atoms with Gasteiger partial charge in [0.05, 0.1) is 0 Å². The molecular weight excluding hydrogens is 242 g/mol. The standard InChI is InChI=1S/C14H23N3S/c1-14(7-4-10-18-14)11-17-9-8-15-13(17)16-12-5-2-3-6-12/h8-9,12H,2-7,10-11H2,1H3,(H,15,16). The molecule has 4 heteroatoms. The highest BCUT2D eigenvalue weighted by Crippen LogP contribution is 2.39. The minimum absolute atomic E-state index is 0.410. The van der Waals surface area contributed by atoms with Crippen molar-refractivity contribution in [2.24, 2.45) is 0 Å². The van der Waals surface area contributed by atoms with E-state index in [0.29, 0.717) is 10.8 Å². The summed E-state index contributed by atoms with van der Waals surface area (Å²) in [5, 5.41) is 3.62. The Morgan fingerprint density at radius 2 is 2.28 bits per heavy atom. The molecule has 1 atom stereocenters. The molecule has 0 spiro atoms. The van der Waals surface area contributed by atoms with Gasteiger partial charge in [-0.15, -0.1) is 0 Å². The predicted octanol–water partition coefficient (Wildman–Crippen LogP) is 3.52. The van der Waals surface area contributed by atoms with E-state index in [-0.39, 0.29) is 0 Å². The molecule has 100 valence electrons. The third-order valence-electron chi connectivity index (χ3n) is 4.21. The van der Waals surface area contributed by atoms with Crippen molar-refractivity contribution in [1.29, 1.82) is 0 Å². The molecule has 2 fully saturated rings. The Morgan fingerprint density at radius 1 is 1.44 bits per heavy atom. The van der Waals surface area contributed by atoms with Gasteiger partial charge in [0.25, 0.3) is 0 Å². The first kappa shape index (κ1) is 12.4. The lowest BCUT2D eigenvalue weighted by atomic mass is 10.1. The maximum Gasteiger partial charge on any atom is 0.203 e. The van der Waals surface area contributed by atoms with Crippen LogP contribution in [0.3, 0.4) is 0 Å². The summed E-state index contributed by atoms with van der Waals surface area (Å²) >= 11 is 2.12. The van der Waals surface area contributed by atoms with Gasteiger partial charge in [-0.2, -0.15) is 11.8 Å². The van der Waals surface area contributed by atoms with E-state index in [1.165, 1.54) is 44.3 Å². The van der Waals surface area contributed by atoms with E-state index in [4.69, 9.17) is 0 Å². The molecule has 0 amide bonds. The second-order valence-electron chi connectivity index (χ2n) is 5.91. The van der Waals surface area contributed by atoms with Gasteiger partial charge >= 0.3 is 0 Å². The van der Waals surface area contributed by atoms with Crippen molar-refractivity contribution < 1.29 is 0 Å². The molecule has 1 saturated carbocycles. The van der Waals surface area contributed by atoms with Gasteiger partial charge in [-0.1, -0.05) is 12.8 Å². The first-order valence-electron chi connectivity index (χ1n) is 7.17.